The molecule has 7 heteroatoms. The van der Waals surface area contributed by atoms with Crippen LogP contribution in [0.5, 0.6) is 5.75 Å². The van der Waals surface area contributed by atoms with E-state index in [-0.39, 0.29) is 0 Å². The molecule has 2 aromatic heterocycles. The van der Waals surface area contributed by atoms with Crippen molar-refractivity contribution in [3.05, 3.63) is 54.6 Å². The molecule has 0 unspecified atom stereocenters. The zero-order valence-corrected chi connectivity index (χ0v) is 14.7. The van der Waals surface area contributed by atoms with Crippen molar-refractivity contribution in [3.63, 3.8) is 0 Å². The van der Waals surface area contributed by atoms with Gasteiger partial charge in [0.1, 0.15) is 11.6 Å². The lowest BCUT2D eigenvalue weighted by atomic mass is 10.2. The molecule has 1 fully saturated rings. The fourth-order valence-electron chi connectivity index (χ4n) is 3.11. The second-order valence-electron chi connectivity index (χ2n) is 6.15. The molecule has 0 bridgehead atoms. The number of para-hydroxylation sites is 1. The summed E-state index contributed by atoms with van der Waals surface area (Å²) in [4.78, 5) is 9.03. The molecule has 3 heterocycles. The second kappa shape index (κ2) is 7.53. The van der Waals surface area contributed by atoms with Crippen LogP contribution in [0.25, 0.3) is 11.5 Å². The Morgan fingerprint density at radius 1 is 1.00 bits per heavy atom. The third kappa shape index (κ3) is 3.52. The number of hydrogen-bond acceptors (Lipinski definition) is 7. The summed E-state index contributed by atoms with van der Waals surface area (Å²) in [5, 5.41) is 8.38. The van der Waals surface area contributed by atoms with Crippen molar-refractivity contribution in [2.45, 2.75) is 6.54 Å². The summed E-state index contributed by atoms with van der Waals surface area (Å²) in [5.41, 5.74) is 0.814. The van der Waals surface area contributed by atoms with E-state index in [4.69, 9.17) is 9.15 Å². The number of methoxy groups -OCH3 is 1. The Morgan fingerprint density at radius 3 is 2.58 bits per heavy atom. The van der Waals surface area contributed by atoms with Crippen LogP contribution >= 0.6 is 0 Å². The van der Waals surface area contributed by atoms with Crippen LogP contribution in [0.15, 0.2) is 53.1 Å². The molecule has 1 aliphatic heterocycles. The summed E-state index contributed by atoms with van der Waals surface area (Å²) in [6, 6.07) is 13.7. The fraction of sp³-hybridized carbons (Fsp3) is 0.316. The van der Waals surface area contributed by atoms with Crippen molar-refractivity contribution in [2.24, 2.45) is 0 Å². The molecule has 0 spiro atoms. The smallest absolute Gasteiger partial charge is 0.251 e. The molecular formula is C19H21N5O2. The first kappa shape index (κ1) is 16.5. The van der Waals surface area contributed by atoms with Gasteiger partial charge in [-0.15, -0.1) is 10.2 Å². The van der Waals surface area contributed by atoms with Crippen LogP contribution in [-0.4, -0.2) is 53.4 Å². The molecule has 1 aliphatic rings. The number of aromatic nitrogens is 3. The number of ether oxygens (including phenoxy) is 1. The third-order valence-corrected chi connectivity index (χ3v) is 4.51. The Bertz CT molecular complexity index is 844. The van der Waals surface area contributed by atoms with Crippen molar-refractivity contribution < 1.29 is 9.15 Å². The molecule has 3 aromatic rings. The average molecular weight is 351 g/mol. The number of anilines is 1. The zero-order chi connectivity index (χ0) is 17.8. The van der Waals surface area contributed by atoms with Crippen LogP contribution in [0.3, 0.4) is 0 Å². The lowest BCUT2D eigenvalue weighted by molar-refractivity contribution is 0.226. The van der Waals surface area contributed by atoms with Gasteiger partial charge in [0.05, 0.1) is 19.2 Å². The van der Waals surface area contributed by atoms with Crippen LogP contribution in [0.1, 0.15) is 5.89 Å². The predicted octanol–water partition coefficient (Wildman–Crippen LogP) is 2.46. The predicted molar refractivity (Wildman–Crippen MR) is 98.0 cm³/mol. The molecule has 0 saturated carbocycles. The highest BCUT2D eigenvalue weighted by Gasteiger charge is 2.20. The maximum atomic E-state index is 5.86. The van der Waals surface area contributed by atoms with Gasteiger partial charge in [-0.3, -0.25) is 4.90 Å². The van der Waals surface area contributed by atoms with Crippen LogP contribution in [0, 0.1) is 0 Å². The van der Waals surface area contributed by atoms with Gasteiger partial charge in [-0.25, -0.2) is 4.98 Å². The van der Waals surface area contributed by atoms with Crippen molar-refractivity contribution >= 4 is 5.82 Å². The zero-order valence-electron chi connectivity index (χ0n) is 14.7. The number of pyridine rings is 1. The van der Waals surface area contributed by atoms with Crippen LogP contribution in [0.4, 0.5) is 5.82 Å². The fourth-order valence-corrected chi connectivity index (χ4v) is 3.11. The van der Waals surface area contributed by atoms with Gasteiger partial charge in [0.15, 0.2) is 0 Å². The van der Waals surface area contributed by atoms with Gasteiger partial charge in [0.2, 0.25) is 5.89 Å². The summed E-state index contributed by atoms with van der Waals surface area (Å²) in [6.07, 6.45) is 1.83. The van der Waals surface area contributed by atoms with E-state index in [0.29, 0.717) is 18.3 Å². The molecule has 0 atom stereocenters. The van der Waals surface area contributed by atoms with E-state index in [0.717, 1.165) is 43.3 Å². The van der Waals surface area contributed by atoms with Crippen molar-refractivity contribution in [1.82, 2.24) is 20.1 Å². The minimum atomic E-state index is 0.490. The lowest BCUT2D eigenvalue weighted by Gasteiger charge is -2.34. The molecule has 4 rings (SSSR count). The Balaban J connectivity index is 1.38. The Labute approximate surface area is 152 Å². The minimum Gasteiger partial charge on any atom is -0.496 e. The summed E-state index contributed by atoms with van der Waals surface area (Å²) in [6.45, 7) is 4.39. The largest absolute Gasteiger partial charge is 0.496 e. The molecule has 0 N–H and O–H groups in total. The summed E-state index contributed by atoms with van der Waals surface area (Å²) in [7, 11) is 1.64. The third-order valence-electron chi connectivity index (χ3n) is 4.51. The highest BCUT2D eigenvalue weighted by Crippen LogP contribution is 2.28. The highest BCUT2D eigenvalue weighted by atomic mass is 16.5. The number of rotatable bonds is 5. The minimum absolute atomic E-state index is 0.490. The van der Waals surface area contributed by atoms with E-state index in [9.17, 15) is 0 Å². The normalized spacial score (nSPS) is 15.2. The first-order valence-electron chi connectivity index (χ1n) is 8.67. The van der Waals surface area contributed by atoms with Gasteiger partial charge < -0.3 is 14.1 Å². The molecule has 0 amide bonds. The average Bonchev–Trinajstić information content (AvgIpc) is 3.17. The molecular weight excluding hydrogens is 330 g/mol. The molecule has 134 valence electrons. The Hall–Kier alpha value is -2.93. The van der Waals surface area contributed by atoms with E-state index in [1.54, 1.807) is 7.11 Å². The maximum Gasteiger partial charge on any atom is 0.251 e. The van der Waals surface area contributed by atoms with E-state index in [1.165, 1.54) is 0 Å². The van der Waals surface area contributed by atoms with Gasteiger partial charge in [0.25, 0.3) is 5.89 Å². The summed E-state index contributed by atoms with van der Waals surface area (Å²) < 4.78 is 11.2. The standard InChI is InChI=1S/C19H21N5O2/c1-25-16-7-3-2-6-15(16)19-22-21-18(26-19)14-23-10-12-24(13-11-23)17-8-4-5-9-20-17/h2-9H,10-14H2,1H3. The first-order chi connectivity index (χ1) is 12.8. The van der Waals surface area contributed by atoms with Crippen LogP contribution < -0.4 is 9.64 Å². The Kier molecular flexibility index (Phi) is 4.79. The number of benzene rings is 1. The van der Waals surface area contributed by atoms with Crippen molar-refractivity contribution in [1.29, 1.82) is 0 Å². The number of nitrogens with zero attached hydrogens (tertiary/aromatic N) is 5. The van der Waals surface area contributed by atoms with E-state index >= 15 is 0 Å². The number of piperazine rings is 1. The quantitative estimate of drug-likeness (QED) is 0.699. The van der Waals surface area contributed by atoms with Crippen molar-refractivity contribution in [2.75, 3.05) is 38.2 Å². The Morgan fingerprint density at radius 2 is 1.81 bits per heavy atom. The molecule has 7 nitrogen and oxygen atoms in total. The van der Waals surface area contributed by atoms with Gasteiger partial charge in [-0.1, -0.05) is 18.2 Å². The summed E-state index contributed by atoms with van der Waals surface area (Å²) >= 11 is 0. The van der Waals surface area contributed by atoms with E-state index in [2.05, 4.69) is 25.0 Å². The highest BCUT2D eigenvalue weighted by molar-refractivity contribution is 5.62. The molecule has 1 saturated heterocycles. The molecule has 1 aromatic carbocycles. The lowest BCUT2D eigenvalue weighted by Crippen LogP contribution is -2.46. The van der Waals surface area contributed by atoms with Gasteiger partial charge >= 0.3 is 0 Å². The number of hydrogen-bond donors (Lipinski definition) is 0. The monoisotopic (exact) mass is 351 g/mol. The molecule has 0 aliphatic carbocycles. The molecule has 0 radical (unpaired) electrons. The maximum absolute atomic E-state index is 5.86. The van der Waals surface area contributed by atoms with E-state index in [1.807, 2.05) is 48.7 Å². The van der Waals surface area contributed by atoms with Crippen LogP contribution in [-0.2, 0) is 6.54 Å². The topological polar surface area (TPSA) is 67.5 Å². The van der Waals surface area contributed by atoms with Gasteiger partial charge in [-0.2, -0.15) is 0 Å². The molecule has 26 heavy (non-hydrogen) atoms. The van der Waals surface area contributed by atoms with Gasteiger partial charge in [0, 0.05) is 32.4 Å². The summed E-state index contributed by atoms with van der Waals surface area (Å²) in [5.74, 6) is 2.87. The first-order valence-corrected chi connectivity index (χ1v) is 8.67. The van der Waals surface area contributed by atoms with Crippen LogP contribution in [0.2, 0.25) is 0 Å². The second-order valence-corrected chi connectivity index (χ2v) is 6.15. The van der Waals surface area contributed by atoms with Gasteiger partial charge in [-0.05, 0) is 24.3 Å². The SMILES string of the molecule is COc1ccccc1-c1nnc(CN2CCN(c3ccccn3)CC2)o1. The van der Waals surface area contributed by atoms with Crippen molar-refractivity contribution in [3.8, 4) is 17.2 Å². The van der Waals surface area contributed by atoms with E-state index < -0.39 is 0 Å².